The average molecular weight is 412 g/mol. The van der Waals surface area contributed by atoms with Crippen LogP contribution in [0.15, 0.2) is 30.3 Å². The topological polar surface area (TPSA) is 54.8 Å². The molecule has 2 aromatic rings. The Labute approximate surface area is 179 Å². The standard InChI is InChI=1S/C24H33N3O3/c1-17-15-20(18(2)27(17)24(3,4)5)21(28)16-25-11-13-26(14-12-25)23(29)19-9-7-8-10-22(19)30-6/h7-10,15H,11-14,16H2,1-6H3. The van der Waals surface area contributed by atoms with Crippen LogP contribution in [0, 0.1) is 13.8 Å². The predicted molar refractivity (Wildman–Crippen MR) is 119 cm³/mol. The number of rotatable bonds is 5. The van der Waals surface area contributed by atoms with Crippen LogP contribution >= 0.6 is 0 Å². The fraction of sp³-hybridized carbons (Fsp3) is 0.500. The van der Waals surface area contributed by atoms with Crippen LogP contribution in [0.5, 0.6) is 5.75 Å². The van der Waals surface area contributed by atoms with Crippen molar-refractivity contribution in [3.05, 3.63) is 52.8 Å². The molecule has 0 radical (unpaired) electrons. The average Bonchev–Trinajstić information content (AvgIpc) is 3.02. The summed E-state index contributed by atoms with van der Waals surface area (Å²) in [6.45, 7) is 13.5. The van der Waals surface area contributed by atoms with Gasteiger partial charge in [-0.25, -0.2) is 0 Å². The SMILES string of the molecule is COc1ccccc1C(=O)N1CCN(CC(=O)c2cc(C)n(C(C)(C)C)c2C)CC1. The minimum Gasteiger partial charge on any atom is -0.496 e. The van der Waals surface area contributed by atoms with Crippen molar-refractivity contribution < 1.29 is 14.3 Å². The van der Waals surface area contributed by atoms with Gasteiger partial charge < -0.3 is 14.2 Å². The molecule has 0 N–H and O–H groups in total. The number of aryl methyl sites for hydroxylation is 1. The number of aromatic nitrogens is 1. The Morgan fingerprint density at radius 2 is 1.63 bits per heavy atom. The maximum absolute atomic E-state index is 13.0. The van der Waals surface area contributed by atoms with Crippen molar-refractivity contribution in [1.29, 1.82) is 0 Å². The number of ether oxygens (including phenoxy) is 1. The molecule has 1 aromatic heterocycles. The number of hydrogen-bond donors (Lipinski definition) is 0. The first kappa shape index (κ1) is 22.1. The number of piperazine rings is 1. The van der Waals surface area contributed by atoms with Gasteiger partial charge in [0.25, 0.3) is 5.91 Å². The van der Waals surface area contributed by atoms with Crippen LogP contribution in [-0.2, 0) is 5.54 Å². The summed E-state index contributed by atoms with van der Waals surface area (Å²) in [5, 5.41) is 0. The van der Waals surface area contributed by atoms with E-state index in [-0.39, 0.29) is 17.2 Å². The first-order valence-corrected chi connectivity index (χ1v) is 10.5. The van der Waals surface area contributed by atoms with Gasteiger partial charge in [0.05, 0.1) is 19.2 Å². The van der Waals surface area contributed by atoms with E-state index in [1.54, 1.807) is 19.2 Å². The van der Waals surface area contributed by atoms with Crippen LogP contribution in [0.1, 0.15) is 52.9 Å². The van der Waals surface area contributed by atoms with E-state index in [9.17, 15) is 9.59 Å². The van der Waals surface area contributed by atoms with Crippen LogP contribution in [-0.4, -0.2) is 65.9 Å². The van der Waals surface area contributed by atoms with Gasteiger partial charge in [-0.2, -0.15) is 0 Å². The van der Waals surface area contributed by atoms with E-state index in [4.69, 9.17) is 4.74 Å². The zero-order chi connectivity index (χ0) is 22.1. The van der Waals surface area contributed by atoms with Gasteiger partial charge in [-0.3, -0.25) is 14.5 Å². The number of para-hydroxylation sites is 1. The van der Waals surface area contributed by atoms with Gasteiger partial charge in [0.1, 0.15) is 5.75 Å². The van der Waals surface area contributed by atoms with Crippen molar-refractivity contribution in [3.63, 3.8) is 0 Å². The lowest BCUT2D eigenvalue weighted by Crippen LogP contribution is -2.50. The molecule has 6 heteroatoms. The second-order valence-electron chi connectivity index (χ2n) is 8.98. The largest absolute Gasteiger partial charge is 0.496 e. The summed E-state index contributed by atoms with van der Waals surface area (Å²) < 4.78 is 7.55. The molecule has 0 unspecified atom stereocenters. The minimum atomic E-state index is -0.0584. The number of ketones is 1. The minimum absolute atomic E-state index is 0.0212. The summed E-state index contributed by atoms with van der Waals surface area (Å²) in [5.41, 5.74) is 3.46. The molecule has 1 saturated heterocycles. The lowest BCUT2D eigenvalue weighted by molar-refractivity contribution is 0.0621. The smallest absolute Gasteiger partial charge is 0.257 e. The maximum atomic E-state index is 13.0. The molecule has 0 saturated carbocycles. The van der Waals surface area contributed by atoms with Crippen molar-refractivity contribution in [2.75, 3.05) is 39.8 Å². The highest BCUT2D eigenvalue weighted by atomic mass is 16.5. The molecule has 1 fully saturated rings. The molecule has 0 atom stereocenters. The highest BCUT2D eigenvalue weighted by Crippen LogP contribution is 2.25. The second kappa shape index (κ2) is 8.64. The van der Waals surface area contributed by atoms with E-state index in [0.29, 0.717) is 44.0 Å². The monoisotopic (exact) mass is 411 g/mol. The Kier molecular flexibility index (Phi) is 6.36. The number of carbonyl (C=O) groups is 2. The number of methoxy groups -OCH3 is 1. The molecule has 1 aliphatic rings. The molecule has 0 spiro atoms. The molecule has 1 amide bonds. The second-order valence-corrected chi connectivity index (χ2v) is 8.98. The van der Waals surface area contributed by atoms with Crippen molar-refractivity contribution in [2.45, 2.75) is 40.2 Å². The maximum Gasteiger partial charge on any atom is 0.257 e. The molecular formula is C24H33N3O3. The Morgan fingerprint density at radius 3 is 2.20 bits per heavy atom. The molecule has 0 bridgehead atoms. The highest BCUT2D eigenvalue weighted by molar-refractivity contribution is 5.99. The van der Waals surface area contributed by atoms with Crippen LogP contribution in [0.4, 0.5) is 0 Å². The van der Waals surface area contributed by atoms with Crippen LogP contribution in [0.2, 0.25) is 0 Å². The number of hydrogen-bond acceptors (Lipinski definition) is 4. The highest BCUT2D eigenvalue weighted by Gasteiger charge is 2.27. The third-order valence-corrected chi connectivity index (χ3v) is 5.77. The number of amides is 1. The first-order chi connectivity index (χ1) is 14.1. The van der Waals surface area contributed by atoms with Crippen molar-refractivity contribution in [1.82, 2.24) is 14.4 Å². The molecule has 30 heavy (non-hydrogen) atoms. The van der Waals surface area contributed by atoms with E-state index in [1.807, 2.05) is 30.0 Å². The molecule has 2 heterocycles. The fourth-order valence-corrected chi connectivity index (χ4v) is 4.47. The molecule has 1 aliphatic heterocycles. The fourth-order valence-electron chi connectivity index (χ4n) is 4.47. The van der Waals surface area contributed by atoms with Gasteiger partial charge in [0, 0.05) is 48.7 Å². The summed E-state index contributed by atoms with van der Waals surface area (Å²) >= 11 is 0. The summed E-state index contributed by atoms with van der Waals surface area (Å²) in [6, 6.07) is 9.30. The first-order valence-electron chi connectivity index (χ1n) is 10.5. The van der Waals surface area contributed by atoms with Crippen molar-refractivity contribution >= 4 is 11.7 Å². The normalized spacial score (nSPS) is 15.3. The van der Waals surface area contributed by atoms with E-state index < -0.39 is 0 Å². The zero-order valence-electron chi connectivity index (χ0n) is 19.0. The summed E-state index contributed by atoms with van der Waals surface area (Å²) in [6.07, 6.45) is 0. The molecule has 0 aliphatic carbocycles. The number of nitrogens with zero attached hydrogens (tertiary/aromatic N) is 3. The Bertz CT molecular complexity index is 932. The van der Waals surface area contributed by atoms with E-state index in [1.165, 1.54) is 0 Å². The van der Waals surface area contributed by atoms with Gasteiger partial charge >= 0.3 is 0 Å². The van der Waals surface area contributed by atoms with E-state index in [2.05, 4.69) is 37.2 Å². The Balaban J connectivity index is 1.63. The number of carbonyl (C=O) groups excluding carboxylic acids is 2. The quantitative estimate of drug-likeness (QED) is 0.707. The third kappa shape index (κ3) is 4.43. The van der Waals surface area contributed by atoms with Crippen LogP contribution in [0.3, 0.4) is 0 Å². The summed E-state index contributed by atoms with van der Waals surface area (Å²) in [4.78, 5) is 29.8. The van der Waals surface area contributed by atoms with E-state index in [0.717, 1.165) is 17.0 Å². The zero-order valence-corrected chi connectivity index (χ0v) is 19.0. The van der Waals surface area contributed by atoms with Crippen LogP contribution in [0.25, 0.3) is 0 Å². The number of benzene rings is 1. The van der Waals surface area contributed by atoms with Gasteiger partial charge in [-0.05, 0) is 52.8 Å². The predicted octanol–water partition coefficient (Wildman–Crippen LogP) is 3.51. The third-order valence-electron chi connectivity index (χ3n) is 5.77. The number of Topliss-reactive ketones (excluding diaryl/α,β-unsaturated/α-hetero) is 1. The van der Waals surface area contributed by atoms with Gasteiger partial charge in [-0.1, -0.05) is 12.1 Å². The van der Waals surface area contributed by atoms with Crippen LogP contribution < -0.4 is 4.74 Å². The summed E-state index contributed by atoms with van der Waals surface area (Å²) in [7, 11) is 1.58. The van der Waals surface area contributed by atoms with Gasteiger partial charge in [-0.15, -0.1) is 0 Å². The molecule has 3 rings (SSSR count). The van der Waals surface area contributed by atoms with Crippen molar-refractivity contribution in [2.24, 2.45) is 0 Å². The Morgan fingerprint density at radius 1 is 1.00 bits per heavy atom. The Hall–Kier alpha value is -2.60. The molecule has 6 nitrogen and oxygen atoms in total. The van der Waals surface area contributed by atoms with E-state index >= 15 is 0 Å². The van der Waals surface area contributed by atoms with Gasteiger partial charge in [0.2, 0.25) is 0 Å². The molecule has 162 valence electrons. The lowest BCUT2D eigenvalue weighted by Gasteiger charge is -2.34. The molecule has 1 aromatic carbocycles. The molecular weight excluding hydrogens is 378 g/mol. The lowest BCUT2D eigenvalue weighted by atomic mass is 10.1. The van der Waals surface area contributed by atoms with Crippen molar-refractivity contribution in [3.8, 4) is 5.75 Å². The van der Waals surface area contributed by atoms with Gasteiger partial charge in [0.15, 0.2) is 5.78 Å². The summed E-state index contributed by atoms with van der Waals surface area (Å²) in [5.74, 6) is 0.713.